The van der Waals surface area contributed by atoms with Crippen LogP contribution in [-0.2, 0) is 6.54 Å². The Morgan fingerprint density at radius 2 is 1.84 bits per heavy atom. The van der Waals surface area contributed by atoms with Gasteiger partial charge in [-0.3, -0.25) is 14.4 Å². The Kier molecular flexibility index (Phi) is 4.46. The number of hydrogen-bond acceptors (Lipinski definition) is 3. The van der Waals surface area contributed by atoms with Crippen molar-refractivity contribution in [1.82, 2.24) is 14.7 Å². The third-order valence-corrected chi connectivity index (χ3v) is 5.88. The van der Waals surface area contributed by atoms with Crippen LogP contribution >= 0.6 is 0 Å². The molecule has 2 atom stereocenters. The lowest BCUT2D eigenvalue weighted by molar-refractivity contribution is 0.0678. The molecule has 2 fully saturated rings. The van der Waals surface area contributed by atoms with E-state index in [2.05, 4.69) is 54.2 Å². The van der Waals surface area contributed by atoms with Crippen molar-refractivity contribution in [2.24, 2.45) is 5.92 Å². The second-order valence-electron chi connectivity index (χ2n) is 7.88. The third-order valence-electron chi connectivity index (χ3n) is 5.88. The first-order chi connectivity index (χ1) is 12.1. The molecule has 0 amide bonds. The minimum absolute atomic E-state index is 0.161. The minimum Gasteiger partial charge on any atom is -0.294 e. The molecule has 4 rings (SSSR count). The molecular weight excluding hydrogens is 310 g/mol. The van der Waals surface area contributed by atoms with Crippen molar-refractivity contribution in [2.45, 2.75) is 64.2 Å². The average Bonchev–Trinajstić information content (AvgIpc) is 3.18. The summed E-state index contributed by atoms with van der Waals surface area (Å²) >= 11 is 0. The summed E-state index contributed by atoms with van der Waals surface area (Å²) in [7, 11) is 0. The largest absolute Gasteiger partial charge is 0.294 e. The SMILES string of the molecule is CC(C)n1cc(C(=O)C2CC3CCC(C2)N3Cc2ccccc2)cn1. The van der Waals surface area contributed by atoms with E-state index in [9.17, 15) is 4.79 Å². The molecule has 0 saturated carbocycles. The maximum atomic E-state index is 12.9. The van der Waals surface area contributed by atoms with E-state index in [0.717, 1.165) is 24.9 Å². The van der Waals surface area contributed by atoms with Crippen molar-refractivity contribution in [1.29, 1.82) is 0 Å². The maximum absolute atomic E-state index is 12.9. The number of fused-ring (bicyclic) bond motifs is 2. The monoisotopic (exact) mass is 337 g/mol. The molecule has 3 heterocycles. The molecule has 2 aliphatic rings. The van der Waals surface area contributed by atoms with E-state index in [1.807, 2.05) is 10.9 Å². The number of aromatic nitrogens is 2. The summed E-state index contributed by atoms with van der Waals surface area (Å²) in [5.41, 5.74) is 2.16. The summed E-state index contributed by atoms with van der Waals surface area (Å²) < 4.78 is 1.88. The van der Waals surface area contributed by atoms with Crippen LogP contribution in [0.1, 0.15) is 61.5 Å². The van der Waals surface area contributed by atoms with Crippen molar-refractivity contribution in [3.05, 3.63) is 53.9 Å². The zero-order chi connectivity index (χ0) is 17.4. The Morgan fingerprint density at radius 1 is 1.16 bits per heavy atom. The Morgan fingerprint density at radius 3 is 2.44 bits per heavy atom. The number of carbonyl (C=O) groups excluding carboxylic acids is 1. The number of rotatable bonds is 5. The molecule has 0 aliphatic carbocycles. The molecule has 2 saturated heterocycles. The number of nitrogens with zero attached hydrogens (tertiary/aromatic N) is 3. The molecule has 4 nitrogen and oxygen atoms in total. The molecule has 1 aromatic carbocycles. The maximum Gasteiger partial charge on any atom is 0.169 e. The lowest BCUT2D eigenvalue weighted by atomic mass is 9.85. The molecule has 2 bridgehead atoms. The van der Waals surface area contributed by atoms with Gasteiger partial charge in [0.05, 0.1) is 11.8 Å². The van der Waals surface area contributed by atoms with Crippen molar-refractivity contribution < 1.29 is 4.79 Å². The number of piperidine rings is 1. The van der Waals surface area contributed by atoms with Crippen molar-refractivity contribution in [2.75, 3.05) is 0 Å². The van der Waals surface area contributed by atoms with E-state index in [0.29, 0.717) is 23.9 Å². The number of ketones is 1. The Bertz CT molecular complexity index is 723. The van der Waals surface area contributed by atoms with Gasteiger partial charge in [0.15, 0.2) is 5.78 Å². The molecular formula is C21H27N3O. The molecule has 2 aliphatic heterocycles. The van der Waals surface area contributed by atoms with Crippen LogP contribution in [0.3, 0.4) is 0 Å². The molecule has 0 N–H and O–H groups in total. The van der Waals surface area contributed by atoms with Crippen molar-refractivity contribution in [3.63, 3.8) is 0 Å². The van der Waals surface area contributed by atoms with Crippen LogP contribution in [0.15, 0.2) is 42.7 Å². The zero-order valence-corrected chi connectivity index (χ0v) is 15.1. The molecule has 4 heteroatoms. The lowest BCUT2D eigenvalue weighted by Gasteiger charge is -2.38. The molecule has 0 radical (unpaired) electrons. The highest BCUT2D eigenvalue weighted by atomic mass is 16.1. The zero-order valence-electron chi connectivity index (χ0n) is 15.1. The van der Waals surface area contributed by atoms with Gasteiger partial charge >= 0.3 is 0 Å². The molecule has 2 aromatic rings. The molecule has 132 valence electrons. The van der Waals surface area contributed by atoms with E-state index in [4.69, 9.17) is 0 Å². The molecule has 0 spiro atoms. The predicted molar refractivity (Wildman–Crippen MR) is 98.5 cm³/mol. The van der Waals surface area contributed by atoms with Crippen LogP contribution in [0.25, 0.3) is 0 Å². The van der Waals surface area contributed by atoms with E-state index >= 15 is 0 Å². The summed E-state index contributed by atoms with van der Waals surface area (Å²) in [6.07, 6.45) is 8.12. The van der Waals surface area contributed by atoms with E-state index in [-0.39, 0.29) is 5.92 Å². The first kappa shape index (κ1) is 16.5. The fourth-order valence-corrected chi connectivity index (χ4v) is 4.52. The highest BCUT2D eigenvalue weighted by Crippen LogP contribution is 2.40. The summed E-state index contributed by atoms with van der Waals surface area (Å²) in [5, 5.41) is 4.34. The van der Waals surface area contributed by atoms with Gasteiger partial charge in [-0.2, -0.15) is 5.10 Å². The van der Waals surface area contributed by atoms with Crippen LogP contribution in [0.4, 0.5) is 0 Å². The van der Waals surface area contributed by atoms with Gasteiger partial charge in [-0.1, -0.05) is 30.3 Å². The fourth-order valence-electron chi connectivity index (χ4n) is 4.52. The van der Waals surface area contributed by atoms with Crippen LogP contribution in [0.2, 0.25) is 0 Å². The highest BCUT2D eigenvalue weighted by molar-refractivity contribution is 5.97. The van der Waals surface area contributed by atoms with Gasteiger partial charge in [-0.25, -0.2) is 0 Å². The predicted octanol–water partition coefficient (Wildman–Crippen LogP) is 4.09. The van der Waals surface area contributed by atoms with Crippen LogP contribution in [0, 0.1) is 5.92 Å². The van der Waals surface area contributed by atoms with Crippen LogP contribution in [-0.4, -0.2) is 32.5 Å². The number of carbonyl (C=O) groups is 1. The normalized spacial score (nSPS) is 26.3. The van der Waals surface area contributed by atoms with Gasteiger partial charge < -0.3 is 0 Å². The lowest BCUT2D eigenvalue weighted by Crippen LogP contribution is -2.44. The first-order valence-corrected chi connectivity index (χ1v) is 9.50. The summed E-state index contributed by atoms with van der Waals surface area (Å²) in [5.74, 6) is 0.456. The summed E-state index contributed by atoms with van der Waals surface area (Å²) in [6, 6.07) is 12.1. The quantitative estimate of drug-likeness (QED) is 0.771. The van der Waals surface area contributed by atoms with Gasteiger partial charge in [0.2, 0.25) is 0 Å². The van der Waals surface area contributed by atoms with Gasteiger partial charge in [0.1, 0.15) is 0 Å². The number of Topliss-reactive ketones (excluding diaryl/α,β-unsaturated/α-hetero) is 1. The smallest absolute Gasteiger partial charge is 0.169 e. The Labute approximate surface area is 149 Å². The first-order valence-electron chi connectivity index (χ1n) is 9.50. The second-order valence-corrected chi connectivity index (χ2v) is 7.88. The minimum atomic E-state index is 0.161. The topological polar surface area (TPSA) is 38.1 Å². The van der Waals surface area contributed by atoms with E-state index < -0.39 is 0 Å². The standard InChI is InChI=1S/C21H27N3O/c1-15(2)24-14-18(12-22-24)21(25)17-10-19-8-9-20(11-17)23(19)13-16-6-4-3-5-7-16/h3-7,12,14-15,17,19-20H,8-11,13H2,1-2H3. The number of benzene rings is 1. The van der Waals surface area contributed by atoms with Crippen LogP contribution in [0.5, 0.6) is 0 Å². The van der Waals surface area contributed by atoms with Crippen molar-refractivity contribution in [3.8, 4) is 0 Å². The Balaban J connectivity index is 1.44. The molecule has 2 unspecified atom stereocenters. The molecule has 25 heavy (non-hydrogen) atoms. The van der Waals surface area contributed by atoms with Crippen LogP contribution < -0.4 is 0 Å². The van der Waals surface area contributed by atoms with Gasteiger partial charge in [-0.15, -0.1) is 0 Å². The van der Waals surface area contributed by atoms with E-state index in [1.165, 1.54) is 18.4 Å². The second kappa shape index (κ2) is 6.75. The van der Waals surface area contributed by atoms with E-state index in [1.54, 1.807) is 6.20 Å². The highest BCUT2D eigenvalue weighted by Gasteiger charge is 2.42. The summed E-state index contributed by atoms with van der Waals surface area (Å²) in [4.78, 5) is 15.6. The fraction of sp³-hybridized carbons (Fsp3) is 0.524. The van der Waals surface area contributed by atoms with Gasteiger partial charge in [0, 0.05) is 36.8 Å². The number of hydrogen-bond donors (Lipinski definition) is 0. The van der Waals surface area contributed by atoms with Gasteiger partial charge in [-0.05, 0) is 45.1 Å². The average molecular weight is 337 g/mol. The van der Waals surface area contributed by atoms with Gasteiger partial charge in [0.25, 0.3) is 0 Å². The Hall–Kier alpha value is -1.94. The van der Waals surface area contributed by atoms with Crippen molar-refractivity contribution >= 4 is 5.78 Å². The molecule has 1 aromatic heterocycles. The summed E-state index contributed by atoms with van der Waals surface area (Å²) in [6.45, 7) is 5.19. The third kappa shape index (κ3) is 3.28.